The van der Waals surface area contributed by atoms with E-state index < -0.39 is 0 Å². The lowest BCUT2D eigenvalue weighted by atomic mass is 10.1. The number of thiophene rings is 1. The van der Waals surface area contributed by atoms with E-state index in [4.69, 9.17) is 0 Å². The first-order valence-electron chi connectivity index (χ1n) is 6.41. The van der Waals surface area contributed by atoms with Crippen LogP contribution >= 0.6 is 11.3 Å². The zero-order valence-electron chi connectivity index (χ0n) is 10.6. The number of likely N-dealkylation sites (tertiary alicyclic amines) is 1. The summed E-state index contributed by atoms with van der Waals surface area (Å²) in [7, 11) is 0. The Morgan fingerprint density at radius 2 is 2.56 bits per heavy atom. The number of nitrogens with zero attached hydrogens (tertiary/aromatic N) is 1. The highest BCUT2D eigenvalue weighted by atomic mass is 32.1. The number of amides is 2. The average Bonchev–Trinajstić information content (AvgIpc) is 2.89. The Kier molecular flexibility index (Phi) is 4.60. The Hall–Kier alpha value is -1.07. The van der Waals surface area contributed by atoms with Gasteiger partial charge in [-0.3, -0.25) is 0 Å². The number of β-amino-alcohol motifs (C(OH)–C–C–N with tert-alkyl or cyclic N) is 1. The minimum Gasteiger partial charge on any atom is -0.391 e. The van der Waals surface area contributed by atoms with Crippen LogP contribution in [0.3, 0.4) is 0 Å². The van der Waals surface area contributed by atoms with Gasteiger partial charge in [-0.15, -0.1) is 11.3 Å². The van der Waals surface area contributed by atoms with Crippen molar-refractivity contribution >= 4 is 17.4 Å². The first-order chi connectivity index (χ1) is 8.66. The third kappa shape index (κ3) is 3.46. The number of hydrogen-bond donors (Lipinski definition) is 2. The molecule has 4 nitrogen and oxygen atoms in total. The van der Waals surface area contributed by atoms with Crippen LogP contribution < -0.4 is 5.32 Å². The summed E-state index contributed by atoms with van der Waals surface area (Å²) < 4.78 is 0. The van der Waals surface area contributed by atoms with Crippen LogP contribution in [0.1, 0.15) is 30.6 Å². The highest BCUT2D eigenvalue weighted by Gasteiger charge is 2.22. The van der Waals surface area contributed by atoms with Gasteiger partial charge in [-0.1, -0.05) is 13.0 Å². The van der Waals surface area contributed by atoms with Crippen LogP contribution in [-0.4, -0.2) is 41.8 Å². The Balaban J connectivity index is 1.77. The molecule has 1 fully saturated rings. The molecule has 1 aliphatic rings. The monoisotopic (exact) mass is 268 g/mol. The van der Waals surface area contributed by atoms with Gasteiger partial charge in [0, 0.05) is 30.4 Å². The summed E-state index contributed by atoms with van der Waals surface area (Å²) in [6.07, 6.45) is 1.32. The van der Waals surface area contributed by atoms with Gasteiger partial charge in [0.1, 0.15) is 0 Å². The second-order valence-electron chi connectivity index (χ2n) is 4.84. The predicted molar refractivity (Wildman–Crippen MR) is 72.9 cm³/mol. The molecule has 0 saturated carbocycles. The fourth-order valence-corrected chi connectivity index (χ4v) is 2.95. The lowest BCUT2D eigenvalue weighted by Crippen LogP contribution is -2.47. The van der Waals surface area contributed by atoms with Crippen LogP contribution in [0.2, 0.25) is 0 Å². The number of aliphatic hydroxyl groups is 1. The topological polar surface area (TPSA) is 52.6 Å². The molecule has 0 radical (unpaired) electrons. The third-order valence-electron chi connectivity index (χ3n) is 3.27. The normalized spacial score (nSPS) is 21.7. The lowest BCUT2D eigenvalue weighted by Gasteiger charge is -2.30. The van der Waals surface area contributed by atoms with Crippen molar-refractivity contribution in [3.05, 3.63) is 22.4 Å². The molecule has 2 atom stereocenters. The molecule has 100 valence electrons. The SMILES string of the molecule is CC(CNC(=O)N1CCCC(O)C1)c1cccs1. The summed E-state index contributed by atoms with van der Waals surface area (Å²) in [5, 5.41) is 14.5. The van der Waals surface area contributed by atoms with Gasteiger partial charge in [-0.2, -0.15) is 0 Å². The van der Waals surface area contributed by atoms with Crippen LogP contribution in [0, 0.1) is 0 Å². The van der Waals surface area contributed by atoms with Gasteiger partial charge in [0.05, 0.1) is 6.10 Å². The summed E-state index contributed by atoms with van der Waals surface area (Å²) in [6, 6.07) is 4.06. The minimum absolute atomic E-state index is 0.0582. The quantitative estimate of drug-likeness (QED) is 0.881. The number of carbonyl (C=O) groups is 1. The fourth-order valence-electron chi connectivity index (χ4n) is 2.16. The maximum absolute atomic E-state index is 11.9. The van der Waals surface area contributed by atoms with E-state index in [0.29, 0.717) is 19.0 Å². The summed E-state index contributed by atoms with van der Waals surface area (Å²) in [4.78, 5) is 14.9. The molecule has 2 N–H and O–H groups in total. The van der Waals surface area contributed by atoms with E-state index in [1.807, 2.05) is 6.07 Å². The molecule has 2 rings (SSSR count). The van der Waals surface area contributed by atoms with Gasteiger partial charge in [0.25, 0.3) is 0 Å². The van der Waals surface area contributed by atoms with Gasteiger partial charge in [0.15, 0.2) is 0 Å². The van der Waals surface area contributed by atoms with Crippen LogP contribution in [0.4, 0.5) is 4.79 Å². The number of nitrogens with one attached hydrogen (secondary N) is 1. The van der Waals surface area contributed by atoms with Gasteiger partial charge >= 0.3 is 6.03 Å². The molecular formula is C13H20N2O2S. The Morgan fingerprint density at radius 1 is 1.72 bits per heavy atom. The van der Waals surface area contributed by atoms with Crippen molar-refractivity contribution in [2.24, 2.45) is 0 Å². The zero-order chi connectivity index (χ0) is 13.0. The maximum atomic E-state index is 11.9. The number of piperidine rings is 1. The second kappa shape index (κ2) is 6.20. The highest BCUT2D eigenvalue weighted by Crippen LogP contribution is 2.19. The molecule has 1 aromatic heterocycles. The van der Waals surface area contributed by atoms with E-state index in [-0.39, 0.29) is 12.1 Å². The largest absolute Gasteiger partial charge is 0.391 e. The third-order valence-corrected chi connectivity index (χ3v) is 4.38. The zero-order valence-corrected chi connectivity index (χ0v) is 11.4. The molecule has 5 heteroatoms. The van der Waals surface area contributed by atoms with Crippen molar-refractivity contribution in [1.82, 2.24) is 10.2 Å². The lowest BCUT2D eigenvalue weighted by molar-refractivity contribution is 0.0842. The first-order valence-corrected chi connectivity index (χ1v) is 7.29. The predicted octanol–water partition coefficient (Wildman–Crippen LogP) is 2.02. The molecule has 2 unspecified atom stereocenters. The molecule has 0 aliphatic carbocycles. The first kappa shape index (κ1) is 13.4. The molecule has 2 amide bonds. The Morgan fingerprint density at radius 3 is 3.22 bits per heavy atom. The molecule has 1 aliphatic heterocycles. The Labute approximate surface area is 112 Å². The fraction of sp³-hybridized carbons (Fsp3) is 0.615. The minimum atomic E-state index is -0.362. The van der Waals surface area contributed by atoms with E-state index >= 15 is 0 Å². The van der Waals surface area contributed by atoms with Gasteiger partial charge in [-0.05, 0) is 24.3 Å². The summed E-state index contributed by atoms with van der Waals surface area (Å²) in [5.41, 5.74) is 0. The number of aliphatic hydroxyl groups excluding tert-OH is 1. The molecular weight excluding hydrogens is 248 g/mol. The van der Waals surface area contributed by atoms with E-state index in [0.717, 1.165) is 19.4 Å². The number of carbonyl (C=O) groups excluding carboxylic acids is 1. The molecule has 2 heterocycles. The molecule has 1 saturated heterocycles. The van der Waals surface area contributed by atoms with E-state index in [1.165, 1.54) is 4.88 Å². The molecule has 0 aromatic carbocycles. The van der Waals surface area contributed by atoms with Gasteiger partial charge in [0.2, 0.25) is 0 Å². The molecule has 0 bridgehead atoms. The van der Waals surface area contributed by atoms with Crippen molar-refractivity contribution < 1.29 is 9.90 Å². The molecule has 18 heavy (non-hydrogen) atoms. The standard InChI is InChI=1S/C13H20N2O2S/c1-10(12-5-3-7-18-12)8-14-13(17)15-6-2-4-11(16)9-15/h3,5,7,10-11,16H,2,4,6,8-9H2,1H3,(H,14,17). The summed E-state index contributed by atoms with van der Waals surface area (Å²) in [5.74, 6) is 0.337. The summed E-state index contributed by atoms with van der Waals surface area (Å²) in [6.45, 7) is 3.96. The Bertz CT molecular complexity index is 380. The van der Waals surface area contributed by atoms with Crippen LogP contribution in [0.15, 0.2) is 17.5 Å². The number of urea groups is 1. The van der Waals surface area contributed by atoms with Crippen LogP contribution in [0.5, 0.6) is 0 Å². The summed E-state index contributed by atoms with van der Waals surface area (Å²) >= 11 is 1.71. The molecule has 1 aromatic rings. The van der Waals surface area contributed by atoms with Crippen LogP contribution in [0.25, 0.3) is 0 Å². The van der Waals surface area contributed by atoms with Crippen molar-refractivity contribution in [3.63, 3.8) is 0 Å². The van der Waals surface area contributed by atoms with E-state index in [1.54, 1.807) is 16.2 Å². The van der Waals surface area contributed by atoms with E-state index in [9.17, 15) is 9.90 Å². The van der Waals surface area contributed by atoms with Crippen molar-refractivity contribution in [2.45, 2.75) is 31.8 Å². The number of rotatable bonds is 3. The second-order valence-corrected chi connectivity index (χ2v) is 5.82. The van der Waals surface area contributed by atoms with Crippen molar-refractivity contribution in [2.75, 3.05) is 19.6 Å². The average molecular weight is 268 g/mol. The van der Waals surface area contributed by atoms with Crippen molar-refractivity contribution in [1.29, 1.82) is 0 Å². The van der Waals surface area contributed by atoms with Crippen molar-refractivity contribution in [3.8, 4) is 0 Å². The number of hydrogen-bond acceptors (Lipinski definition) is 3. The smallest absolute Gasteiger partial charge is 0.317 e. The molecule has 0 spiro atoms. The van der Waals surface area contributed by atoms with Gasteiger partial charge in [-0.25, -0.2) is 4.79 Å². The van der Waals surface area contributed by atoms with Gasteiger partial charge < -0.3 is 15.3 Å². The highest BCUT2D eigenvalue weighted by molar-refractivity contribution is 7.10. The van der Waals surface area contributed by atoms with Crippen LogP contribution in [-0.2, 0) is 0 Å². The maximum Gasteiger partial charge on any atom is 0.317 e. The van der Waals surface area contributed by atoms with E-state index in [2.05, 4.69) is 23.7 Å².